The number of rotatable bonds is 6. The molecule has 2 unspecified atom stereocenters. The number of hydrogen-bond donors (Lipinski definition) is 1. The number of nitrogens with zero attached hydrogens (tertiary/aromatic N) is 2. The quantitative estimate of drug-likeness (QED) is 0.812. The summed E-state index contributed by atoms with van der Waals surface area (Å²) in [5.74, 6) is 0.758. The third kappa shape index (κ3) is 3.54. The Morgan fingerprint density at radius 2 is 2.20 bits per heavy atom. The topological polar surface area (TPSA) is 37.8 Å². The van der Waals surface area contributed by atoms with Crippen molar-refractivity contribution >= 4 is 11.5 Å². The SMILES string of the molecule is CCCC(C)CC(NC)c1snnc1C. The first kappa shape index (κ1) is 12.6. The van der Waals surface area contributed by atoms with E-state index in [0.29, 0.717) is 6.04 Å². The molecule has 0 aliphatic carbocycles. The van der Waals surface area contributed by atoms with Crippen LogP contribution in [0.3, 0.4) is 0 Å². The molecule has 0 fully saturated rings. The molecule has 1 rings (SSSR count). The van der Waals surface area contributed by atoms with E-state index in [4.69, 9.17) is 0 Å². The molecule has 1 aromatic rings. The minimum Gasteiger partial charge on any atom is -0.312 e. The van der Waals surface area contributed by atoms with Crippen LogP contribution in [0.4, 0.5) is 0 Å². The highest BCUT2D eigenvalue weighted by molar-refractivity contribution is 7.05. The van der Waals surface area contributed by atoms with Crippen molar-refractivity contribution in [3.8, 4) is 0 Å². The molecule has 1 heterocycles. The predicted octanol–water partition coefficient (Wildman–Crippen LogP) is 2.93. The van der Waals surface area contributed by atoms with E-state index in [1.807, 2.05) is 14.0 Å². The van der Waals surface area contributed by atoms with Crippen molar-refractivity contribution in [2.24, 2.45) is 5.92 Å². The summed E-state index contributed by atoms with van der Waals surface area (Å²) >= 11 is 1.52. The normalized spacial score (nSPS) is 15.2. The zero-order valence-corrected chi connectivity index (χ0v) is 10.9. The van der Waals surface area contributed by atoms with E-state index in [1.165, 1.54) is 35.7 Å². The molecular formula is C11H21N3S. The third-order valence-electron chi connectivity index (χ3n) is 2.77. The van der Waals surface area contributed by atoms with E-state index < -0.39 is 0 Å². The third-order valence-corrected chi connectivity index (χ3v) is 3.71. The average Bonchev–Trinajstić information content (AvgIpc) is 2.61. The number of hydrogen-bond acceptors (Lipinski definition) is 4. The molecular weight excluding hydrogens is 206 g/mol. The molecule has 0 aliphatic heterocycles. The van der Waals surface area contributed by atoms with E-state index >= 15 is 0 Å². The predicted molar refractivity (Wildman–Crippen MR) is 65.1 cm³/mol. The molecule has 1 aromatic heterocycles. The molecule has 15 heavy (non-hydrogen) atoms. The molecule has 0 amide bonds. The minimum absolute atomic E-state index is 0.423. The second kappa shape index (κ2) is 6.18. The van der Waals surface area contributed by atoms with Crippen LogP contribution in [-0.4, -0.2) is 16.6 Å². The Morgan fingerprint density at radius 3 is 2.67 bits per heavy atom. The van der Waals surface area contributed by atoms with Crippen LogP contribution < -0.4 is 5.32 Å². The first-order valence-electron chi connectivity index (χ1n) is 5.65. The van der Waals surface area contributed by atoms with Crippen LogP contribution in [0.5, 0.6) is 0 Å². The first-order chi connectivity index (χ1) is 7.19. The standard InChI is InChI=1S/C11H21N3S/c1-5-6-8(2)7-10(12-4)11-9(3)13-14-15-11/h8,10,12H,5-7H2,1-4H3. The van der Waals surface area contributed by atoms with Gasteiger partial charge in [0.1, 0.15) is 0 Å². The minimum atomic E-state index is 0.423. The van der Waals surface area contributed by atoms with Gasteiger partial charge in [0, 0.05) is 6.04 Å². The first-order valence-corrected chi connectivity index (χ1v) is 6.42. The Balaban J connectivity index is 2.60. The average molecular weight is 227 g/mol. The summed E-state index contributed by atoms with van der Waals surface area (Å²) in [6.07, 6.45) is 3.73. The number of nitrogens with one attached hydrogen (secondary N) is 1. The zero-order valence-electron chi connectivity index (χ0n) is 10.1. The maximum Gasteiger partial charge on any atom is 0.0772 e. The van der Waals surface area contributed by atoms with Crippen molar-refractivity contribution in [1.29, 1.82) is 0 Å². The highest BCUT2D eigenvalue weighted by atomic mass is 32.1. The molecule has 2 atom stereocenters. The molecule has 0 radical (unpaired) electrons. The van der Waals surface area contributed by atoms with Gasteiger partial charge < -0.3 is 5.32 Å². The number of aryl methyl sites for hydroxylation is 1. The lowest BCUT2D eigenvalue weighted by atomic mass is 9.96. The lowest BCUT2D eigenvalue weighted by Crippen LogP contribution is -2.18. The molecule has 4 heteroatoms. The Labute approximate surface area is 96.5 Å². The van der Waals surface area contributed by atoms with Gasteiger partial charge >= 0.3 is 0 Å². The van der Waals surface area contributed by atoms with Gasteiger partial charge in [-0.1, -0.05) is 31.2 Å². The van der Waals surface area contributed by atoms with Crippen LogP contribution in [0.1, 0.15) is 49.7 Å². The highest BCUT2D eigenvalue weighted by Crippen LogP contribution is 2.27. The molecule has 0 spiro atoms. The van der Waals surface area contributed by atoms with Gasteiger partial charge in [-0.2, -0.15) is 0 Å². The Hall–Kier alpha value is -0.480. The summed E-state index contributed by atoms with van der Waals surface area (Å²) < 4.78 is 4.00. The summed E-state index contributed by atoms with van der Waals surface area (Å²) in [6, 6.07) is 0.423. The van der Waals surface area contributed by atoms with Crippen molar-refractivity contribution in [3.63, 3.8) is 0 Å². The summed E-state index contributed by atoms with van der Waals surface area (Å²) in [4.78, 5) is 1.29. The maximum atomic E-state index is 4.07. The Bertz CT molecular complexity index is 285. The molecule has 0 aliphatic rings. The van der Waals surface area contributed by atoms with Gasteiger partial charge in [-0.25, -0.2) is 0 Å². The van der Waals surface area contributed by atoms with E-state index in [-0.39, 0.29) is 0 Å². The molecule has 0 aromatic carbocycles. The largest absolute Gasteiger partial charge is 0.312 e. The van der Waals surface area contributed by atoms with Crippen LogP contribution in [0.15, 0.2) is 0 Å². The lowest BCUT2D eigenvalue weighted by Gasteiger charge is -2.19. The molecule has 0 bridgehead atoms. The molecule has 0 saturated heterocycles. The maximum absolute atomic E-state index is 4.07. The Morgan fingerprint density at radius 1 is 1.47 bits per heavy atom. The van der Waals surface area contributed by atoms with Gasteiger partial charge in [0.25, 0.3) is 0 Å². The van der Waals surface area contributed by atoms with Crippen LogP contribution in [0, 0.1) is 12.8 Å². The Kier molecular flexibility index (Phi) is 5.19. The second-order valence-electron chi connectivity index (χ2n) is 4.19. The summed E-state index contributed by atoms with van der Waals surface area (Å²) in [7, 11) is 2.02. The van der Waals surface area contributed by atoms with Crippen LogP contribution >= 0.6 is 11.5 Å². The van der Waals surface area contributed by atoms with Crippen molar-refractivity contribution < 1.29 is 0 Å². The van der Waals surface area contributed by atoms with Gasteiger partial charge in [-0.05, 0) is 37.8 Å². The van der Waals surface area contributed by atoms with Crippen molar-refractivity contribution in [2.75, 3.05) is 7.05 Å². The van der Waals surface area contributed by atoms with Gasteiger partial charge in [0.05, 0.1) is 10.6 Å². The zero-order chi connectivity index (χ0) is 11.3. The van der Waals surface area contributed by atoms with Gasteiger partial charge in [0.2, 0.25) is 0 Å². The summed E-state index contributed by atoms with van der Waals surface area (Å²) in [5.41, 5.74) is 1.07. The van der Waals surface area contributed by atoms with E-state index in [9.17, 15) is 0 Å². The van der Waals surface area contributed by atoms with Crippen LogP contribution in [0.2, 0.25) is 0 Å². The van der Waals surface area contributed by atoms with Crippen LogP contribution in [-0.2, 0) is 0 Å². The highest BCUT2D eigenvalue weighted by Gasteiger charge is 2.17. The van der Waals surface area contributed by atoms with E-state index in [1.54, 1.807) is 0 Å². The molecule has 3 nitrogen and oxygen atoms in total. The summed E-state index contributed by atoms with van der Waals surface area (Å²) in [5, 5.41) is 7.43. The monoisotopic (exact) mass is 227 g/mol. The van der Waals surface area contributed by atoms with Gasteiger partial charge in [-0.3, -0.25) is 0 Å². The smallest absolute Gasteiger partial charge is 0.0772 e. The fraction of sp³-hybridized carbons (Fsp3) is 0.818. The molecule has 86 valence electrons. The van der Waals surface area contributed by atoms with Gasteiger partial charge in [-0.15, -0.1) is 5.10 Å². The summed E-state index contributed by atoms with van der Waals surface area (Å²) in [6.45, 7) is 6.59. The fourth-order valence-electron chi connectivity index (χ4n) is 1.93. The number of aromatic nitrogens is 2. The lowest BCUT2D eigenvalue weighted by molar-refractivity contribution is 0.409. The van der Waals surface area contributed by atoms with Gasteiger partial charge in [0.15, 0.2) is 0 Å². The fourth-order valence-corrected chi connectivity index (χ4v) is 2.69. The van der Waals surface area contributed by atoms with Crippen molar-refractivity contribution in [1.82, 2.24) is 14.9 Å². The van der Waals surface area contributed by atoms with Crippen molar-refractivity contribution in [2.45, 2.75) is 46.1 Å². The van der Waals surface area contributed by atoms with Crippen molar-refractivity contribution in [3.05, 3.63) is 10.6 Å². The van der Waals surface area contributed by atoms with E-state index in [0.717, 1.165) is 11.6 Å². The van der Waals surface area contributed by atoms with Crippen LogP contribution in [0.25, 0.3) is 0 Å². The second-order valence-corrected chi connectivity index (χ2v) is 4.98. The molecule has 0 saturated carbocycles. The molecule has 1 N–H and O–H groups in total. The van der Waals surface area contributed by atoms with E-state index in [2.05, 4.69) is 28.8 Å².